The summed E-state index contributed by atoms with van der Waals surface area (Å²) in [5, 5.41) is 5.14. The summed E-state index contributed by atoms with van der Waals surface area (Å²) in [4.78, 5) is 17.8. The van der Waals surface area contributed by atoms with Gasteiger partial charge in [0.1, 0.15) is 5.82 Å². The molecule has 2 aromatic rings. The molecule has 0 bridgehead atoms. The summed E-state index contributed by atoms with van der Waals surface area (Å²) >= 11 is 1.38. The van der Waals surface area contributed by atoms with E-state index in [2.05, 4.69) is 10.3 Å². The number of carbonyl (C=O) groups is 1. The second-order valence-electron chi connectivity index (χ2n) is 4.53. The lowest BCUT2D eigenvalue weighted by Crippen LogP contribution is -2.32. The van der Waals surface area contributed by atoms with Gasteiger partial charge < -0.3 is 5.32 Å². The topological polar surface area (TPSA) is 45.2 Å². The number of rotatable bonds is 5. The summed E-state index contributed by atoms with van der Waals surface area (Å²) in [6.07, 6.45) is 1.64. The number of hydrogen-bond acceptors (Lipinski definition) is 4. The van der Waals surface area contributed by atoms with Gasteiger partial charge in [-0.1, -0.05) is 12.1 Å². The van der Waals surface area contributed by atoms with Gasteiger partial charge in [0.05, 0.1) is 6.54 Å². The van der Waals surface area contributed by atoms with Gasteiger partial charge in [-0.3, -0.25) is 9.69 Å². The highest BCUT2D eigenvalue weighted by molar-refractivity contribution is 7.13. The summed E-state index contributed by atoms with van der Waals surface area (Å²) in [7, 11) is 1.86. The van der Waals surface area contributed by atoms with Crippen molar-refractivity contribution in [3.05, 3.63) is 47.2 Å². The van der Waals surface area contributed by atoms with Crippen LogP contribution in [-0.2, 0) is 4.79 Å². The zero-order valence-electron chi connectivity index (χ0n) is 11.3. The van der Waals surface area contributed by atoms with Crippen LogP contribution in [0.1, 0.15) is 18.5 Å². The third-order valence-corrected chi connectivity index (χ3v) is 3.77. The summed E-state index contributed by atoms with van der Waals surface area (Å²) in [5.41, 5.74) is 0.968. The second-order valence-corrected chi connectivity index (χ2v) is 5.42. The van der Waals surface area contributed by atoms with Gasteiger partial charge >= 0.3 is 0 Å². The van der Waals surface area contributed by atoms with Gasteiger partial charge in [-0.05, 0) is 31.7 Å². The van der Waals surface area contributed by atoms with Crippen LogP contribution in [0.25, 0.3) is 0 Å². The van der Waals surface area contributed by atoms with Gasteiger partial charge in [0.2, 0.25) is 5.91 Å². The van der Waals surface area contributed by atoms with Crippen LogP contribution in [-0.4, -0.2) is 29.4 Å². The standard InChI is InChI=1S/C14H16FN3OS/c1-10(11-3-5-12(15)6-4-11)18(2)9-13(19)17-14-16-7-8-20-14/h3-8,10H,9H2,1-2H3,(H,16,17,19)/t10-/m0/s1. The Morgan fingerprint density at radius 3 is 2.75 bits per heavy atom. The maximum Gasteiger partial charge on any atom is 0.240 e. The summed E-state index contributed by atoms with van der Waals surface area (Å²) in [6.45, 7) is 2.22. The molecule has 0 aliphatic carbocycles. The SMILES string of the molecule is C[C@@H](c1ccc(F)cc1)N(C)CC(=O)Nc1nccs1. The normalized spacial score (nSPS) is 12.4. The molecule has 1 amide bonds. The molecule has 1 aromatic carbocycles. The van der Waals surface area contributed by atoms with E-state index >= 15 is 0 Å². The Balaban J connectivity index is 1.91. The number of thiazole rings is 1. The fourth-order valence-electron chi connectivity index (χ4n) is 1.80. The Labute approximate surface area is 121 Å². The Morgan fingerprint density at radius 2 is 2.15 bits per heavy atom. The molecule has 0 saturated carbocycles. The van der Waals surface area contributed by atoms with Gasteiger partial charge in [0.25, 0.3) is 0 Å². The number of likely N-dealkylation sites (N-methyl/N-ethyl adjacent to an activating group) is 1. The minimum absolute atomic E-state index is 0.0256. The van der Waals surface area contributed by atoms with Crippen molar-refractivity contribution in [1.82, 2.24) is 9.88 Å². The zero-order valence-corrected chi connectivity index (χ0v) is 12.2. The van der Waals surface area contributed by atoms with Crippen LogP contribution >= 0.6 is 11.3 Å². The quantitative estimate of drug-likeness (QED) is 0.922. The molecular formula is C14H16FN3OS. The van der Waals surface area contributed by atoms with Crippen molar-refractivity contribution in [2.75, 3.05) is 18.9 Å². The summed E-state index contributed by atoms with van der Waals surface area (Å²) < 4.78 is 12.9. The molecule has 0 radical (unpaired) electrons. The van der Waals surface area contributed by atoms with Gasteiger partial charge in [-0.2, -0.15) is 0 Å². The van der Waals surface area contributed by atoms with Crippen LogP contribution < -0.4 is 5.32 Å². The molecule has 0 spiro atoms. The fourth-order valence-corrected chi connectivity index (χ4v) is 2.35. The first-order valence-corrected chi connectivity index (χ1v) is 7.09. The minimum atomic E-state index is -0.259. The van der Waals surface area contributed by atoms with Crippen LogP contribution in [0.5, 0.6) is 0 Å². The predicted octanol–water partition coefficient (Wildman–Crippen LogP) is 2.91. The van der Waals surface area contributed by atoms with E-state index in [1.807, 2.05) is 18.9 Å². The predicted molar refractivity (Wildman–Crippen MR) is 78.2 cm³/mol. The minimum Gasteiger partial charge on any atom is -0.301 e. The van der Waals surface area contributed by atoms with Crippen molar-refractivity contribution in [3.8, 4) is 0 Å². The number of halogens is 1. The molecule has 1 heterocycles. The van der Waals surface area contributed by atoms with Crippen LogP contribution in [0.2, 0.25) is 0 Å². The molecule has 1 N–H and O–H groups in total. The summed E-state index contributed by atoms with van der Waals surface area (Å²) in [5.74, 6) is -0.374. The number of nitrogens with one attached hydrogen (secondary N) is 1. The van der Waals surface area contributed by atoms with E-state index in [1.165, 1.54) is 23.5 Å². The highest BCUT2D eigenvalue weighted by Crippen LogP contribution is 2.19. The molecule has 2 rings (SSSR count). The first-order valence-electron chi connectivity index (χ1n) is 6.21. The number of nitrogens with zero attached hydrogens (tertiary/aromatic N) is 2. The third kappa shape index (κ3) is 3.85. The van der Waals surface area contributed by atoms with Crippen molar-refractivity contribution in [2.24, 2.45) is 0 Å². The van der Waals surface area contributed by atoms with Crippen LogP contribution in [0, 0.1) is 5.82 Å². The number of carbonyl (C=O) groups excluding carboxylic acids is 1. The van der Waals surface area contributed by atoms with Crippen molar-refractivity contribution in [2.45, 2.75) is 13.0 Å². The van der Waals surface area contributed by atoms with Crippen molar-refractivity contribution in [1.29, 1.82) is 0 Å². The number of benzene rings is 1. The van der Waals surface area contributed by atoms with Crippen molar-refractivity contribution < 1.29 is 9.18 Å². The van der Waals surface area contributed by atoms with Crippen LogP contribution in [0.15, 0.2) is 35.8 Å². The number of amides is 1. The van der Waals surface area contributed by atoms with Gasteiger partial charge in [-0.15, -0.1) is 11.3 Å². The van der Waals surface area contributed by atoms with E-state index in [0.29, 0.717) is 5.13 Å². The van der Waals surface area contributed by atoms with E-state index in [1.54, 1.807) is 23.7 Å². The summed E-state index contributed by atoms with van der Waals surface area (Å²) in [6, 6.07) is 6.34. The van der Waals surface area contributed by atoms with E-state index in [9.17, 15) is 9.18 Å². The molecule has 20 heavy (non-hydrogen) atoms. The molecule has 0 saturated heterocycles. The second kappa shape index (κ2) is 6.58. The molecule has 1 aromatic heterocycles. The zero-order chi connectivity index (χ0) is 14.5. The van der Waals surface area contributed by atoms with Crippen LogP contribution in [0.3, 0.4) is 0 Å². The highest BCUT2D eigenvalue weighted by atomic mass is 32.1. The van der Waals surface area contributed by atoms with E-state index < -0.39 is 0 Å². The number of aromatic nitrogens is 1. The highest BCUT2D eigenvalue weighted by Gasteiger charge is 2.15. The van der Waals surface area contributed by atoms with E-state index in [0.717, 1.165) is 5.56 Å². The lowest BCUT2D eigenvalue weighted by atomic mass is 10.1. The largest absolute Gasteiger partial charge is 0.301 e. The Kier molecular flexibility index (Phi) is 4.81. The van der Waals surface area contributed by atoms with E-state index in [-0.39, 0.29) is 24.3 Å². The van der Waals surface area contributed by atoms with Crippen molar-refractivity contribution in [3.63, 3.8) is 0 Å². The first kappa shape index (κ1) is 14.6. The van der Waals surface area contributed by atoms with Gasteiger partial charge in [0.15, 0.2) is 5.13 Å². The van der Waals surface area contributed by atoms with E-state index in [4.69, 9.17) is 0 Å². The Morgan fingerprint density at radius 1 is 1.45 bits per heavy atom. The molecule has 0 aliphatic heterocycles. The molecule has 6 heteroatoms. The Hall–Kier alpha value is -1.79. The third-order valence-electron chi connectivity index (χ3n) is 3.09. The van der Waals surface area contributed by atoms with Gasteiger partial charge in [-0.25, -0.2) is 9.37 Å². The average molecular weight is 293 g/mol. The number of hydrogen-bond donors (Lipinski definition) is 1. The first-order chi connectivity index (χ1) is 9.56. The fraction of sp³-hybridized carbons (Fsp3) is 0.286. The Bertz CT molecular complexity index is 556. The monoisotopic (exact) mass is 293 g/mol. The van der Waals surface area contributed by atoms with Crippen LogP contribution in [0.4, 0.5) is 9.52 Å². The smallest absolute Gasteiger partial charge is 0.240 e. The molecule has 4 nitrogen and oxygen atoms in total. The molecular weight excluding hydrogens is 277 g/mol. The molecule has 0 aliphatic rings. The molecule has 0 unspecified atom stereocenters. The maximum absolute atomic E-state index is 12.9. The molecule has 1 atom stereocenters. The molecule has 0 fully saturated rings. The molecule has 106 valence electrons. The van der Waals surface area contributed by atoms with Crippen molar-refractivity contribution >= 4 is 22.4 Å². The lowest BCUT2D eigenvalue weighted by molar-refractivity contribution is -0.117. The number of anilines is 1. The lowest BCUT2D eigenvalue weighted by Gasteiger charge is -2.24. The maximum atomic E-state index is 12.9. The van der Waals surface area contributed by atoms with Gasteiger partial charge in [0, 0.05) is 17.6 Å². The average Bonchev–Trinajstić information content (AvgIpc) is 2.91.